The van der Waals surface area contributed by atoms with Gasteiger partial charge in [0.25, 0.3) is 0 Å². The summed E-state index contributed by atoms with van der Waals surface area (Å²) in [7, 11) is 5.04. The minimum Gasteiger partial charge on any atom is -0.469 e. The molecule has 0 saturated carbocycles. The summed E-state index contributed by atoms with van der Waals surface area (Å²) in [5, 5.41) is 0. The maximum absolute atomic E-state index is 11.5. The molecule has 0 unspecified atom stereocenters. The summed E-state index contributed by atoms with van der Waals surface area (Å²) in [6.07, 6.45) is 1.57. The van der Waals surface area contributed by atoms with Crippen molar-refractivity contribution in [2.24, 2.45) is 0 Å². The maximum Gasteiger partial charge on any atom is 0.327 e. The van der Waals surface area contributed by atoms with Crippen molar-refractivity contribution in [2.45, 2.75) is 13.0 Å². The number of hydrogen-bond donors (Lipinski definition) is 0. The molecule has 0 fully saturated rings. The highest BCUT2D eigenvalue weighted by Gasteiger charge is 2.26. The fourth-order valence-electron chi connectivity index (χ4n) is 1.41. The number of furan rings is 1. The lowest BCUT2D eigenvalue weighted by Crippen LogP contribution is -2.28. The molecule has 0 aliphatic heterocycles. The minimum atomic E-state index is -0.390. The third-order valence-electron chi connectivity index (χ3n) is 2.13. The molecule has 4 nitrogen and oxygen atoms in total. The van der Waals surface area contributed by atoms with E-state index in [-0.39, 0.29) is 5.97 Å². The Morgan fingerprint density at radius 3 is 2.57 bits per heavy atom. The predicted octanol–water partition coefficient (Wildman–Crippen LogP) is 1.36. The Kier molecular flexibility index (Phi) is 3.30. The van der Waals surface area contributed by atoms with Crippen molar-refractivity contribution in [3.63, 3.8) is 0 Å². The van der Waals surface area contributed by atoms with Gasteiger partial charge < -0.3 is 9.15 Å². The molecule has 1 atom stereocenters. The van der Waals surface area contributed by atoms with Crippen molar-refractivity contribution in [1.29, 1.82) is 0 Å². The standard InChI is InChI=1S/C10H15NO3/c1-7-8(5-6-14-7)9(11(2)3)10(12)13-4/h5-6,9H,1-4H3/t9-/m0/s1. The van der Waals surface area contributed by atoms with Crippen LogP contribution < -0.4 is 0 Å². The van der Waals surface area contributed by atoms with Crippen molar-refractivity contribution < 1.29 is 13.9 Å². The van der Waals surface area contributed by atoms with Crippen LogP contribution in [0.15, 0.2) is 16.7 Å². The molecule has 0 bridgehead atoms. The fraction of sp³-hybridized carbons (Fsp3) is 0.500. The van der Waals surface area contributed by atoms with E-state index in [1.54, 1.807) is 17.2 Å². The molecule has 1 aromatic heterocycles. The van der Waals surface area contributed by atoms with Crippen LogP contribution in [0.1, 0.15) is 17.4 Å². The van der Waals surface area contributed by atoms with Gasteiger partial charge in [-0.2, -0.15) is 0 Å². The fourth-order valence-corrected chi connectivity index (χ4v) is 1.41. The van der Waals surface area contributed by atoms with Gasteiger partial charge in [0.1, 0.15) is 11.8 Å². The second-order valence-electron chi connectivity index (χ2n) is 3.32. The summed E-state index contributed by atoms with van der Waals surface area (Å²) in [4.78, 5) is 13.3. The molecule has 0 radical (unpaired) electrons. The van der Waals surface area contributed by atoms with Crippen LogP contribution in [0.25, 0.3) is 0 Å². The van der Waals surface area contributed by atoms with E-state index in [2.05, 4.69) is 0 Å². The number of carbonyl (C=O) groups is 1. The van der Waals surface area contributed by atoms with Gasteiger partial charge >= 0.3 is 5.97 Å². The Labute approximate surface area is 83.5 Å². The van der Waals surface area contributed by atoms with Crippen molar-refractivity contribution in [1.82, 2.24) is 4.90 Å². The molecule has 1 heterocycles. The first-order valence-electron chi connectivity index (χ1n) is 4.36. The number of esters is 1. The quantitative estimate of drug-likeness (QED) is 0.686. The first-order chi connectivity index (χ1) is 6.57. The van der Waals surface area contributed by atoms with Gasteiger partial charge in [-0.1, -0.05) is 0 Å². The molecule has 78 valence electrons. The second-order valence-corrected chi connectivity index (χ2v) is 3.32. The van der Waals surface area contributed by atoms with Crippen LogP contribution in [-0.4, -0.2) is 32.1 Å². The molecule has 0 saturated heterocycles. The second kappa shape index (κ2) is 4.28. The summed E-state index contributed by atoms with van der Waals surface area (Å²) in [5.41, 5.74) is 0.849. The summed E-state index contributed by atoms with van der Waals surface area (Å²) in [6, 6.07) is 1.40. The lowest BCUT2D eigenvalue weighted by atomic mass is 10.1. The average molecular weight is 197 g/mol. The number of carbonyl (C=O) groups excluding carboxylic acids is 1. The van der Waals surface area contributed by atoms with Crippen molar-refractivity contribution in [3.8, 4) is 0 Å². The Morgan fingerprint density at radius 1 is 1.57 bits per heavy atom. The molecule has 0 spiro atoms. The number of nitrogens with zero attached hydrogens (tertiary/aromatic N) is 1. The molecular weight excluding hydrogens is 182 g/mol. The lowest BCUT2D eigenvalue weighted by Gasteiger charge is -2.21. The van der Waals surface area contributed by atoms with E-state index in [1.807, 2.05) is 21.0 Å². The van der Waals surface area contributed by atoms with Gasteiger partial charge in [0.05, 0.1) is 13.4 Å². The van der Waals surface area contributed by atoms with E-state index in [0.29, 0.717) is 0 Å². The first kappa shape index (κ1) is 10.8. The van der Waals surface area contributed by atoms with Crippen LogP contribution in [0.2, 0.25) is 0 Å². The van der Waals surface area contributed by atoms with E-state index >= 15 is 0 Å². The van der Waals surface area contributed by atoms with Crippen molar-refractivity contribution in [2.75, 3.05) is 21.2 Å². The van der Waals surface area contributed by atoms with Gasteiger partial charge in [-0.25, -0.2) is 4.79 Å². The molecule has 1 aromatic rings. The predicted molar refractivity (Wildman–Crippen MR) is 51.9 cm³/mol. The van der Waals surface area contributed by atoms with Gasteiger partial charge in [-0.15, -0.1) is 0 Å². The Morgan fingerprint density at radius 2 is 2.21 bits per heavy atom. The average Bonchev–Trinajstić information content (AvgIpc) is 2.52. The van der Waals surface area contributed by atoms with Crippen LogP contribution in [0.4, 0.5) is 0 Å². The molecule has 4 heteroatoms. The summed E-state index contributed by atoms with van der Waals surface area (Å²) >= 11 is 0. The molecule has 0 aliphatic carbocycles. The van der Waals surface area contributed by atoms with Crippen molar-refractivity contribution in [3.05, 3.63) is 23.7 Å². The molecule has 0 aliphatic rings. The highest BCUT2D eigenvalue weighted by molar-refractivity contribution is 5.77. The number of rotatable bonds is 3. The summed E-state index contributed by atoms with van der Waals surface area (Å²) < 4.78 is 9.89. The lowest BCUT2D eigenvalue weighted by molar-refractivity contribution is -0.146. The first-order valence-corrected chi connectivity index (χ1v) is 4.36. The zero-order valence-corrected chi connectivity index (χ0v) is 8.90. The van der Waals surface area contributed by atoms with E-state index in [1.165, 1.54) is 7.11 Å². The number of ether oxygens (including phenoxy) is 1. The van der Waals surface area contributed by atoms with Crippen LogP contribution in [0.3, 0.4) is 0 Å². The largest absolute Gasteiger partial charge is 0.469 e. The molecular formula is C10H15NO3. The van der Waals surface area contributed by atoms with Gasteiger partial charge in [0, 0.05) is 5.56 Å². The van der Waals surface area contributed by atoms with Crippen LogP contribution in [0, 0.1) is 6.92 Å². The normalized spacial score (nSPS) is 12.9. The number of methoxy groups -OCH3 is 1. The molecule has 1 rings (SSSR count). The third-order valence-corrected chi connectivity index (χ3v) is 2.13. The Hall–Kier alpha value is -1.29. The minimum absolute atomic E-state index is 0.278. The highest BCUT2D eigenvalue weighted by atomic mass is 16.5. The molecule has 0 aromatic carbocycles. The van der Waals surface area contributed by atoms with Gasteiger partial charge in [-0.3, -0.25) is 4.90 Å². The number of hydrogen-bond acceptors (Lipinski definition) is 4. The molecule has 0 N–H and O–H groups in total. The third kappa shape index (κ3) is 1.96. The maximum atomic E-state index is 11.5. The van der Waals surface area contributed by atoms with E-state index in [0.717, 1.165) is 11.3 Å². The van der Waals surface area contributed by atoms with E-state index in [9.17, 15) is 4.79 Å². The summed E-state index contributed by atoms with van der Waals surface area (Å²) in [6.45, 7) is 1.83. The Bertz CT molecular complexity index is 317. The molecule has 14 heavy (non-hydrogen) atoms. The highest BCUT2D eigenvalue weighted by Crippen LogP contribution is 2.23. The smallest absolute Gasteiger partial charge is 0.327 e. The van der Waals surface area contributed by atoms with E-state index in [4.69, 9.17) is 9.15 Å². The number of aryl methyl sites for hydroxylation is 1. The van der Waals surface area contributed by atoms with Gasteiger partial charge in [0.15, 0.2) is 0 Å². The van der Waals surface area contributed by atoms with Crippen LogP contribution in [-0.2, 0) is 9.53 Å². The monoisotopic (exact) mass is 197 g/mol. The van der Waals surface area contributed by atoms with Crippen LogP contribution in [0.5, 0.6) is 0 Å². The number of likely N-dealkylation sites (N-methyl/N-ethyl adjacent to an activating group) is 1. The van der Waals surface area contributed by atoms with Gasteiger partial charge in [-0.05, 0) is 27.1 Å². The topological polar surface area (TPSA) is 42.7 Å². The Balaban J connectivity index is 3.00. The molecule has 0 amide bonds. The zero-order valence-electron chi connectivity index (χ0n) is 8.90. The zero-order chi connectivity index (χ0) is 10.7. The van der Waals surface area contributed by atoms with Crippen molar-refractivity contribution >= 4 is 5.97 Å². The SMILES string of the molecule is COC(=O)[C@H](c1ccoc1C)N(C)C. The van der Waals surface area contributed by atoms with Gasteiger partial charge in [0.2, 0.25) is 0 Å². The van der Waals surface area contributed by atoms with E-state index < -0.39 is 6.04 Å². The van der Waals surface area contributed by atoms with Crippen LogP contribution >= 0.6 is 0 Å². The summed E-state index contributed by atoms with van der Waals surface area (Å²) in [5.74, 6) is 0.466.